The Morgan fingerprint density at radius 1 is 0.800 bits per heavy atom. The lowest BCUT2D eigenvalue weighted by molar-refractivity contribution is -0.124. The number of carbonyl (C=O) groups excluding carboxylic acids is 3. The molecule has 0 spiro atoms. The molecule has 3 rings (SSSR count). The lowest BCUT2D eigenvalue weighted by Crippen LogP contribution is -2.16. The number of methoxy groups -OCH3 is 2. The molecule has 5 heteroatoms. The summed E-state index contributed by atoms with van der Waals surface area (Å²) in [6.45, 7) is 0. The molecule has 2 unspecified atom stereocenters. The molecule has 0 heterocycles. The Kier molecular flexibility index (Phi) is 7.39. The van der Waals surface area contributed by atoms with Crippen LogP contribution >= 0.6 is 0 Å². The molecule has 0 radical (unpaired) electrons. The monoisotopic (exact) mass is 408 g/mol. The van der Waals surface area contributed by atoms with Crippen LogP contribution in [0.1, 0.15) is 59.2 Å². The number of benzene rings is 2. The highest BCUT2D eigenvalue weighted by Crippen LogP contribution is 2.34. The first kappa shape index (κ1) is 21.8. The van der Waals surface area contributed by atoms with Gasteiger partial charge in [-0.2, -0.15) is 0 Å². The van der Waals surface area contributed by atoms with Crippen molar-refractivity contribution in [3.63, 3.8) is 0 Å². The van der Waals surface area contributed by atoms with Gasteiger partial charge in [0.05, 0.1) is 14.2 Å². The minimum absolute atomic E-state index is 0.0263. The SMILES string of the molecule is COc1cccc(C(=O)CCC2CCC(CCC(=O)c3cccc(OC)c3)C2=O)c1. The van der Waals surface area contributed by atoms with Crippen LogP contribution in [0.15, 0.2) is 48.5 Å². The highest BCUT2D eigenvalue weighted by atomic mass is 16.5. The van der Waals surface area contributed by atoms with Crippen LogP contribution in [0.25, 0.3) is 0 Å². The van der Waals surface area contributed by atoms with Gasteiger partial charge in [0.15, 0.2) is 11.6 Å². The van der Waals surface area contributed by atoms with E-state index < -0.39 is 0 Å². The second kappa shape index (κ2) is 10.2. The Balaban J connectivity index is 1.48. The predicted molar refractivity (Wildman–Crippen MR) is 114 cm³/mol. The van der Waals surface area contributed by atoms with Crippen LogP contribution in [0, 0.1) is 11.8 Å². The highest BCUT2D eigenvalue weighted by Gasteiger charge is 2.34. The van der Waals surface area contributed by atoms with Crippen molar-refractivity contribution >= 4 is 17.3 Å². The summed E-state index contributed by atoms with van der Waals surface area (Å²) < 4.78 is 10.3. The summed E-state index contributed by atoms with van der Waals surface area (Å²) >= 11 is 0. The first-order valence-corrected chi connectivity index (χ1v) is 10.4. The van der Waals surface area contributed by atoms with Crippen LogP contribution < -0.4 is 9.47 Å². The first-order valence-electron chi connectivity index (χ1n) is 10.4. The molecule has 0 aromatic heterocycles. The summed E-state index contributed by atoms with van der Waals surface area (Å²) in [5.74, 6) is 1.38. The summed E-state index contributed by atoms with van der Waals surface area (Å²) in [7, 11) is 3.14. The van der Waals surface area contributed by atoms with Crippen molar-refractivity contribution in [2.75, 3.05) is 14.2 Å². The van der Waals surface area contributed by atoms with E-state index in [-0.39, 0.29) is 29.2 Å². The molecule has 2 atom stereocenters. The topological polar surface area (TPSA) is 69.7 Å². The molecule has 0 amide bonds. The zero-order valence-electron chi connectivity index (χ0n) is 17.6. The lowest BCUT2D eigenvalue weighted by Gasteiger charge is -2.11. The number of ketones is 3. The van der Waals surface area contributed by atoms with E-state index in [1.165, 1.54) is 0 Å². The van der Waals surface area contributed by atoms with Crippen molar-refractivity contribution < 1.29 is 23.9 Å². The fourth-order valence-corrected chi connectivity index (χ4v) is 4.09. The molecule has 2 aromatic carbocycles. The summed E-state index contributed by atoms with van der Waals surface area (Å²) in [5, 5.41) is 0. The fourth-order valence-electron chi connectivity index (χ4n) is 4.09. The van der Waals surface area contributed by atoms with Gasteiger partial charge in [0.1, 0.15) is 17.3 Å². The first-order chi connectivity index (χ1) is 14.5. The van der Waals surface area contributed by atoms with E-state index in [0.717, 1.165) is 12.8 Å². The van der Waals surface area contributed by atoms with E-state index in [1.54, 1.807) is 62.8 Å². The number of Topliss-reactive ketones (excluding diaryl/α,β-unsaturated/α-hetero) is 3. The molecule has 1 aliphatic carbocycles. The Morgan fingerprint density at radius 2 is 1.23 bits per heavy atom. The van der Waals surface area contributed by atoms with E-state index in [2.05, 4.69) is 0 Å². The quantitative estimate of drug-likeness (QED) is 0.522. The highest BCUT2D eigenvalue weighted by molar-refractivity contribution is 5.98. The third-order valence-corrected chi connectivity index (χ3v) is 5.89. The van der Waals surface area contributed by atoms with E-state index in [0.29, 0.717) is 48.3 Å². The fraction of sp³-hybridized carbons (Fsp3) is 0.400. The Hall–Kier alpha value is -2.95. The largest absolute Gasteiger partial charge is 0.497 e. The van der Waals surface area contributed by atoms with Crippen molar-refractivity contribution in [3.8, 4) is 11.5 Å². The Morgan fingerprint density at radius 3 is 1.63 bits per heavy atom. The van der Waals surface area contributed by atoms with Crippen LogP contribution in [0.4, 0.5) is 0 Å². The van der Waals surface area contributed by atoms with Crippen LogP contribution in [-0.2, 0) is 4.79 Å². The third-order valence-electron chi connectivity index (χ3n) is 5.89. The molecule has 2 aromatic rings. The number of hydrogen-bond donors (Lipinski definition) is 0. The smallest absolute Gasteiger partial charge is 0.163 e. The molecule has 0 bridgehead atoms. The van der Waals surface area contributed by atoms with Crippen molar-refractivity contribution in [2.24, 2.45) is 11.8 Å². The molecule has 0 saturated heterocycles. The molecule has 0 N–H and O–H groups in total. The van der Waals surface area contributed by atoms with Crippen molar-refractivity contribution in [3.05, 3.63) is 59.7 Å². The maximum absolute atomic E-state index is 12.7. The molecular formula is C25H28O5. The summed E-state index contributed by atoms with van der Waals surface area (Å²) in [4.78, 5) is 37.7. The number of hydrogen-bond acceptors (Lipinski definition) is 5. The predicted octanol–water partition coefficient (Wildman–Crippen LogP) is 4.93. The van der Waals surface area contributed by atoms with Gasteiger partial charge >= 0.3 is 0 Å². The van der Waals surface area contributed by atoms with E-state index in [9.17, 15) is 14.4 Å². The molecule has 1 fully saturated rings. The molecule has 0 aliphatic heterocycles. The minimum atomic E-state index is -0.0866. The van der Waals surface area contributed by atoms with Crippen molar-refractivity contribution in [1.29, 1.82) is 0 Å². The Labute approximate surface area is 177 Å². The maximum atomic E-state index is 12.7. The number of carbonyl (C=O) groups is 3. The van der Waals surface area contributed by atoms with E-state index >= 15 is 0 Å². The number of rotatable bonds is 10. The molecule has 1 aliphatic rings. The van der Waals surface area contributed by atoms with Gasteiger partial charge in [-0.05, 0) is 49.9 Å². The molecule has 5 nitrogen and oxygen atoms in total. The summed E-state index contributed by atoms with van der Waals surface area (Å²) in [5.41, 5.74) is 1.22. The van der Waals surface area contributed by atoms with E-state index in [4.69, 9.17) is 9.47 Å². The lowest BCUT2D eigenvalue weighted by atomic mass is 9.92. The van der Waals surface area contributed by atoms with Crippen molar-refractivity contribution in [1.82, 2.24) is 0 Å². The summed E-state index contributed by atoms with van der Waals surface area (Å²) in [6.07, 6.45) is 3.41. The van der Waals surface area contributed by atoms with Gasteiger partial charge in [-0.1, -0.05) is 24.3 Å². The number of ether oxygens (including phenoxy) is 2. The van der Waals surface area contributed by atoms with Gasteiger partial charge in [0.2, 0.25) is 0 Å². The van der Waals surface area contributed by atoms with Gasteiger partial charge in [0.25, 0.3) is 0 Å². The third kappa shape index (κ3) is 5.35. The normalized spacial score (nSPS) is 18.3. The van der Waals surface area contributed by atoms with Gasteiger partial charge in [-0.25, -0.2) is 0 Å². The van der Waals surface area contributed by atoms with Crippen LogP contribution in [-0.4, -0.2) is 31.6 Å². The average molecular weight is 408 g/mol. The maximum Gasteiger partial charge on any atom is 0.163 e. The van der Waals surface area contributed by atoms with Crippen molar-refractivity contribution in [2.45, 2.75) is 38.5 Å². The second-order valence-corrected chi connectivity index (χ2v) is 7.76. The van der Waals surface area contributed by atoms with Gasteiger partial charge in [0, 0.05) is 35.8 Å². The van der Waals surface area contributed by atoms with Gasteiger partial charge < -0.3 is 9.47 Å². The molecule has 30 heavy (non-hydrogen) atoms. The van der Waals surface area contributed by atoms with Crippen LogP contribution in [0.2, 0.25) is 0 Å². The van der Waals surface area contributed by atoms with Crippen LogP contribution in [0.5, 0.6) is 11.5 Å². The Bertz CT molecular complexity index is 844. The zero-order chi connectivity index (χ0) is 21.5. The average Bonchev–Trinajstić information content (AvgIpc) is 3.15. The van der Waals surface area contributed by atoms with Gasteiger partial charge in [-0.15, -0.1) is 0 Å². The standard InChI is InChI=1S/C25H28O5/c1-29-21-7-3-5-19(15-21)23(26)13-11-17-9-10-18(25(17)28)12-14-24(27)20-6-4-8-22(16-20)30-2/h3-8,15-18H,9-14H2,1-2H3. The van der Waals surface area contributed by atoms with E-state index in [1.807, 2.05) is 0 Å². The van der Waals surface area contributed by atoms with Crippen LogP contribution in [0.3, 0.4) is 0 Å². The summed E-state index contributed by atoms with van der Waals surface area (Å²) in [6, 6.07) is 14.2. The second-order valence-electron chi connectivity index (χ2n) is 7.76. The molecule has 158 valence electrons. The molecule has 1 saturated carbocycles. The van der Waals surface area contributed by atoms with Gasteiger partial charge in [-0.3, -0.25) is 14.4 Å². The molecular weight excluding hydrogens is 380 g/mol. The zero-order valence-corrected chi connectivity index (χ0v) is 17.6. The minimum Gasteiger partial charge on any atom is -0.497 e.